The lowest BCUT2D eigenvalue weighted by molar-refractivity contribution is -0.905. The summed E-state index contributed by atoms with van der Waals surface area (Å²) in [5.41, 5.74) is 0.294. The van der Waals surface area contributed by atoms with Gasteiger partial charge in [-0.15, -0.1) is 0 Å². The van der Waals surface area contributed by atoms with Crippen LogP contribution in [-0.2, 0) is 0 Å². The molecule has 1 rings (SSSR count). The van der Waals surface area contributed by atoms with E-state index in [0.717, 1.165) is 4.73 Å². The summed E-state index contributed by atoms with van der Waals surface area (Å²) >= 11 is 0. The second-order valence-corrected chi connectivity index (χ2v) is 1.99. The Bertz CT molecular complexity index is 258. The van der Waals surface area contributed by atoms with E-state index in [1.54, 1.807) is 18.2 Å². The molecule has 0 atom stereocenters. The molecule has 1 aromatic heterocycles. The van der Waals surface area contributed by atoms with Gasteiger partial charge in [-0.3, -0.25) is 10.0 Å². The first-order valence-corrected chi connectivity index (χ1v) is 2.92. The molecular weight excluding hydrogens is 130 g/mol. The molecule has 1 heterocycles. The van der Waals surface area contributed by atoms with Crippen molar-refractivity contribution in [3.63, 3.8) is 0 Å². The second kappa shape index (κ2) is 2.47. The van der Waals surface area contributed by atoms with Gasteiger partial charge in [0.2, 0.25) is 12.0 Å². The number of Topliss-reactive ketones (excluding diaryl/α,β-unsaturated/α-hetero) is 1. The number of carbonyl (C=O) groups excluding carboxylic acids is 1. The van der Waals surface area contributed by atoms with Crippen LogP contribution in [0.2, 0.25) is 0 Å². The Kier molecular flexibility index (Phi) is 1.67. The summed E-state index contributed by atoms with van der Waals surface area (Å²) in [6.45, 7) is 1.40. The Morgan fingerprint density at radius 3 is 2.70 bits per heavy atom. The highest BCUT2D eigenvalue weighted by Crippen LogP contribution is 1.89. The Labute approximate surface area is 58.5 Å². The largest absolute Gasteiger partial charge is 0.299 e. The molecule has 0 saturated carbocycles. The zero-order valence-electron chi connectivity index (χ0n) is 5.61. The number of pyridine rings is 1. The van der Waals surface area contributed by atoms with Crippen molar-refractivity contribution < 1.29 is 14.7 Å². The molecule has 0 aliphatic carbocycles. The topological polar surface area (TPSA) is 41.2 Å². The van der Waals surface area contributed by atoms with Crippen molar-refractivity contribution in [1.82, 2.24) is 0 Å². The highest BCUT2D eigenvalue weighted by atomic mass is 16.5. The van der Waals surface area contributed by atoms with Crippen molar-refractivity contribution >= 4 is 5.78 Å². The van der Waals surface area contributed by atoms with Gasteiger partial charge in [0.05, 0.1) is 0 Å². The minimum atomic E-state index is -0.150. The first-order valence-electron chi connectivity index (χ1n) is 2.92. The molecule has 0 bridgehead atoms. The molecule has 0 aliphatic heterocycles. The molecule has 0 aromatic carbocycles. The Morgan fingerprint density at radius 1 is 1.60 bits per heavy atom. The van der Waals surface area contributed by atoms with Crippen LogP contribution in [0, 0.1) is 0 Å². The van der Waals surface area contributed by atoms with E-state index in [-0.39, 0.29) is 5.78 Å². The van der Waals surface area contributed by atoms with Gasteiger partial charge in [-0.05, 0) is 6.07 Å². The van der Waals surface area contributed by atoms with Gasteiger partial charge in [0.15, 0.2) is 0 Å². The number of hydrogen-bond acceptors (Lipinski definition) is 2. The maximum Gasteiger partial charge on any atom is 0.299 e. The van der Waals surface area contributed by atoms with Gasteiger partial charge in [0.25, 0.3) is 5.69 Å². The third-order valence-electron chi connectivity index (χ3n) is 1.20. The summed E-state index contributed by atoms with van der Waals surface area (Å²) in [7, 11) is 0. The Hall–Kier alpha value is -1.38. The van der Waals surface area contributed by atoms with Crippen molar-refractivity contribution in [2.75, 3.05) is 0 Å². The molecule has 0 aliphatic rings. The van der Waals surface area contributed by atoms with E-state index in [1.165, 1.54) is 13.1 Å². The number of carbonyl (C=O) groups is 1. The van der Waals surface area contributed by atoms with Crippen LogP contribution >= 0.6 is 0 Å². The van der Waals surface area contributed by atoms with Crippen LogP contribution in [-0.4, -0.2) is 11.0 Å². The van der Waals surface area contributed by atoms with E-state index < -0.39 is 0 Å². The van der Waals surface area contributed by atoms with Gasteiger partial charge in [0, 0.05) is 23.8 Å². The molecule has 3 heteroatoms. The molecule has 1 aromatic rings. The van der Waals surface area contributed by atoms with E-state index in [2.05, 4.69) is 0 Å². The smallest absolute Gasteiger partial charge is 0.288 e. The molecular formula is C7H8NO2+. The third kappa shape index (κ3) is 1.13. The maximum atomic E-state index is 10.7. The van der Waals surface area contributed by atoms with Crippen molar-refractivity contribution in [3.8, 4) is 0 Å². The first kappa shape index (κ1) is 6.74. The van der Waals surface area contributed by atoms with Crippen LogP contribution in [0.25, 0.3) is 0 Å². The van der Waals surface area contributed by atoms with Crippen LogP contribution in [0.3, 0.4) is 0 Å². The quantitative estimate of drug-likeness (QED) is 0.347. The van der Waals surface area contributed by atoms with E-state index in [1.807, 2.05) is 0 Å². The number of ketones is 1. The minimum absolute atomic E-state index is 0.150. The van der Waals surface area contributed by atoms with Gasteiger partial charge >= 0.3 is 0 Å². The highest BCUT2D eigenvalue weighted by Gasteiger charge is 2.11. The van der Waals surface area contributed by atoms with Gasteiger partial charge in [-0.2, -0.15) is 0 Å². The molecule has 10 heavy (non-hydrogen) atoms. The molecule has 0 fully saturated rings. The summed E-state index contributed by atoms with van der Waals surface area (Å²) in [5, 5.41) is 8.98. The third-order valence-corrected chi connectivity index (χ3v) is 1.20. The minimum Gasteiger partial charge on any atom is -0.288 e. The van der Waals surface area contributed by atoms with E-state index in [4.69, 9.17) is 5.21 Å². The molecule has 52 valence electrons. The Morgan fingerprint density at radius 2 is 2.30 bits per heavy atom. The first-order chi connectivity index (χ1) is 4.72. The lowest BCUT2D eigenvalue weighted by atomic mass is 10.3. The van der Waals surface area contributed by atoms with Crippen LogP contribution < -0.4 is 4.73 Å². The standard InChI is InChI=1S/C7H8NO2/c1-6(9)7-4-2-3-5-8(7)10/h2-5,10H,1H3/q+1. The summed E-state index contributed by atoms with van der Waals surface area (Å²) < 4.78 is 0.808. The monoisotopic (exact) mass is 138 g/mol. The fourth-order valence-corrected chi connectivity index (χ4v) is 0.713. The number of hydrogen-bond donors (Lipinski definition) is 1. The number of rotatable bonds is 1. The van der Waals surface area contributed by atoms with Crippen LogP contribution in [0.1, 0.15) is 17.4 Å². The zero-order chi connectivity index (χ0) is 7.56. The average molecular weight is 138 g/mol. The van der Waals surface area contributed by atoms with E-state index in [0.29, 0.717) is 5.69 Å². The number of aromatic nitrogens is 1. The average Bonchev–Trinajstić information content (AvgIpc) is 1.88. The lowest BCUT2D eigenvalue weighted by Gasteiger charge is -1.87. The van der Waals surface area contributed by atoms with Crippen molar-refractivity contribution in [3.05, 3.63) is 30.1 Å². The second-order valence-electron chi connectivity index (χ2n) is 1.99. The molecule has 3 nitrogen and oxygen atoms in total. The molecule has 1 N–H and O–H groups in total. The van der Waals surface area contributed by atoms with Gasteiger partial charge in [0.1, 0.15) is 0 Å². The van der Waals surface area contributed by atoms with E-state index in [9.17, 15) is 4.79 Å². The highest BCUT2D eigenvalue weighted by molar-refractivity contribution is 5.90. The van der Waals surface area contributed by atoms with Gasteiger partial charge < -0.3 is 0 Å². The predicted octanol–water partition coefficient (Wildman–Crippen LogP) is 0.414. The summed E-state index contributed by atoms with van der Waals surface area (Å²) in [6, 6.07) is 4.90. The summed E-state index contributed by atoms with van der Waals surface area (Å²) in [6.07, 6.45) is 1.41. The van der Waals surface area contributed by atoms with Gasteiger partial charge in [-0.25, -0.2) is 0 Å². The Balaban J connectivity index is 3.15. The predicted molar refractivity (Wildman–Crippen MR) is 33.8 cm³/mol. The fourth-order valence-electron chi connectivity index (χ4n) is 0.713. The summed E-state index contributed by atoms with van der Waals surface area (Å²) in [5.74, 6) is -0.150. The summed E-state index contributed by atoms with van der Waals surface area (Å²) in [4.78, 5) is 10.7. The van der Waals surface area contributed by atoms with Crippen LogP contribution in [0.15, 0.2) is 24.4 Å². The zero-order valence-corrected chi connectivity index (χ0v) is 5.61. The molecule has 0 radical (unpaired) electrons. The van der Waals surface area contributed by atoms with Crippen LogP contribution in [0.4, 0.5) is 0 Å². The van der Waals surface area contributed by atoms with E-state index >= 15 is 0 Å². The maximum absolute atomic E-state index is 10.7. The fraction of sp³-hybridized carbons (Fsp3) is 0.143. The normalized spacial score (nSPS) is 9.30. The lowest BCUT2D eigenvalue weighted by Crippen LogP contribution is -2.36. The van der Waals surface area contributed by atoms with Crippen molar-refractivity contribution in [2.45, 2.75) is 6.92 Å². The van der Waals surface area contributed by atoms with Crippen molar-refractivity contribution in [1.29, 1.82) is 0 Å². The molecule has 0 saturated heterocycles. The molecule has 0 amide bonds. The number of nitrogens with zero attached hydrogens (tertiary/aromatic N) is 1. The van der Waals surface area contributed by atoms with Gasteiger partial charge in [-0.1, -0.05) is 0 Å². The molecule has 0 unspecified atom stereocenters. The molecule has 0 spiro atoms. The van der Waals surface area contributed by atoms with Crippen molar-refractivity contribution in [2.24, 2.45) is 0 Å². The van der Waals surface area contributed by atoms with Crippen LogP contribution in [0.5, 0.6) is 0 Å². The SMILES string of the molecule is CC(=O)c1cccc[n+]1O.